The first-order valence-electron chi connectivity index (χ1n) is 5.31. The van der Waals surface area contributed by atoms with Crippen molar-refractivity contribution in [1.82, 2.24) is 0 Å². The van der Waals surface area contributed by atoms with Crippen molar-refractivity contribution in [3.8, 4) is 0 Å². The lowest BCUT2D eigenvalue weighted by Gasteiger charge is -2.14. The van der Waals surface area contributed by atoms with Crippen molar-refractivity contribution in [1.29, 1.82) is 0 Å². The molecule has 0 aliphatic heterocycles. The predicted octanol–water partition coefficient (Wildman–Crippen LogP) is 1.87. The van der Waals surface area contributed by atoms with Crippen LogP contribution >= 0.6 is 11.6 Å². The Balaban J connectivity index is 2.26. The van der Waals surface area contributed by atoms with E-state index in [1.807, 2.05) is 24.3 Å². The molecule has 0 saturated heterocycles. The van der Waals surface area contributed by atoms with E-state index in [1.54, 1.807) is 7.11 Å². The fourth-order valence-corrected chi connectivity index (χ4v) is 1.49. The molecule has 90 valence electrons. The van der Waals surface area contributed by atoms with Crippen molar-refractivity contribution in [2.24, 2.45) is 5.73 Å². The van der Waals surface area contributed by atoms with Crippen LogP contribution in [0.1, 0.15) is 5.56 Å². The van der Waals surface area contributed by atoms with Crippen LogP contribution in [0.15, 0.2) is 24.3 Å². The zero-order chi connectivity index (χ0) is 11.8. The molecule has 3 nitrogen and oxygen atoms in total. The van der Waals surface area contributed by atoms with Crippen molar-refractivity contribution >= 4 is 11.6 Å². The zero-order valence-corrected chi connectivity index (χ0v) is 10.2. The van der Waals surface area contributed by atoms with E-state index >= 15 is 0 Å². The molecule has 0 saturated carbocycles. The van der Waals surface area contributed by atoms with Gasteiger partial charge in [-0.25, -0.2) is 0 Å². The van der Waals surface area contributed by atoms with Crippen molar-refractivity contribution in [3.63, 3.8) is 0 Å². The summed E-state index contributed by atoms with van der Waals surface area (Å²) in [5.41, 5.74) is 6.74. The molecular formula is C12H18ClNO2. The van der Waals surface area contributed by atoms with Gasteiger partial charge in [0.25, 0.3) is 0 Å². The summed E-state index contributed by atoms with van der Waals surface area (Å²) in [6, 6.07) is 7.76. The minimum atomic E-state index is -0.0164. The summed E-state index contributed by atoms with van der Waals surface area (Å²) < 4.78 is 10.6. The molecule has 0 fully saturated rings. The number of halogens is 1. The number of benzene rings is 1. The summed E-state index contributed by atoms with van der Waals surface area (Å²) >= 11 is 5.80. The smallest absolute Gasteiger partial charge is 0.0930 e. The van der Waals surface area contributed by atoms with Gasteiger partial charge in [0.1, 0.15) is 0 Å². The molecule has 16 heavy (non-hydrogen) atoms. The van der Waals surface area contributed by atoms with Gasteiger partial charge in [0, 0.05) is 18.7 Å². The Labute approximate surface area is 101 Å². The highest BCUT2D eigenvalue weighted by Gasteiger charge is 2.05. The Kier molecular flexibility index (Phi) is 6.42. The number of methoxy groups -OCH3 is 1. The highest BCUT2D eigenvalue weighted by atomic mass is 35.5. The molecule has 0 heterocycles. The highest BCUT2D eigenvalue weighted by Crippen LogP contribution is 2.10. The summed E-state index contributed by atoms with van der Waals surface area (Å²) in [4.78, 5) is 0. The maximum atomic E-state index is 5.80. The van der Waals surface area contributed by atoms with Gasteiger partial charge in [-0.1, -0.05) is 23.7 Å². The van der Waals surface area contributed by atoms with Gasteiger partial charge in [-0.3, -0.25) is 0 Å². The third-order valence-corrected chi connectivity index (χ3v) is 2.52. The molecule has 0 spiro atoms. The fraction of sp³-hybridized carbons (Fsp3) is 0.500. The van der Waals surface area contributed by atoms with Crippen LogP contribution in [0.5, 0.6) is 0 Å². The first-order valence-corrected chi connectivity index (χ1v) is 5.69. The Morgan fingerprint density at radius 3 is 2.56 bits per heavy atom. The van der Waals surface area contributed by atoms with Gasteiger partial charge in [-0.05, 0) is 24.1 Å². The fourth-order valence-electron chi connectivity index (χ4n) is 1.36. The van der Waals surface area contributed by atoms with E-state index in [1.165, 1.54) is 5.56 Å². The first kappa shape index (κ1) is 13.5. The predicted molar refractivity (Wildman–Crippen MR) is 65.8 cm³/mol. The summed E-state index contributed by atoms with van der Waals surface area (Å²) in [7, 11) is 1.64. The molecule has 4 heteroatoms. The average Bonchev–Trinajstić information content (AvgIpc) is 2.30. The van der Waals surface area contributed by atoms with Gasteiger partial charge in [-0.2, -0.15) is 0 Å². The molecular weight excluding hydrogens is 226 g/mol. The minimum Gasteiger partial charge on any atom is -0.382 e. The number of hydrogen-bond donors (Lipinski definition) is 1. The van der Waals surface area contributed by atoms with E-state index < -0.39 is 0 Å². The second-order valence-electron chi connectivity index (χ2n) is 3.56. The van der Waals surface area contributed by atoms with E-state index in [0.29, 0.717) is 19.8 Å². The van der Waals surface area contributed by atoms with Crippen molar-refractivity contribution in [2.45, 2.75) is 12.5 Å². The molecule has 1 aromatic carbocycles. The first-order chi connectivity index (χ1) is 7.76. The maximum Gasteiger partial charge on any atom is 0.0930 e. The molecule has 0 radical (unpaired) electrons. The normalized spacial score (nSPS) is 12.7. The molecule has 0 amide bonds. The van der Waals surface area contributed by atoms with Gasteiger partial charge < -0.3 is 15.2 Å². The lowest BCUT2D eigenvalue weighted by atomic mass is 10.2. The molecule has 0 unspecified atom stereocenters. The van der Waals surface area contributed by atoms with E-state index in [0.717, 1.165) is 11.4 Å². The minimum absolute atomic E-state index is 0.0164. The molecule has 2 N–H and O–H groups in total. The summed E-state index contributed by atoms with van der Waals surface area (Å²) in [5.74, 6) is 0. The van der Waals surface area contributed by atoms with Gasteiger partial charge in [0.15, 0.2) is 0 Å². The third-order valence-electron chi connectivity index (χ3n) is 2.27. The molecule has 0 bridgehead atoms. The third kappa shape index (κ3) is 4.94. The van der Waals surface area contributed by atoms with Crippen LogP contribution in [0.4, 0.5) is 0 Å². The van der Waals surface area contributed by atoms with Crippen LogP contribution < -0.4 is 5.73 Å². The standard InChI is InChI=1S/C12H18ClNO2/c1-15-9-12(8-14)16-7-6-10-2-4-11(13)5-3-10/h2-5,12H,6-9,14H2,1H3/t12-/m1/s1. The van der Waals surface area contributed by atoms with Crippen LogP contribution in [0.2, 0.25) is 5.02 Å². The second kappa shape index (κ2) is 7.63. The summed E-state index contributed by atoms with van der Waals surface area (Å²) in [5, 5.41) is 0.754. The topological polar surface area (TPSA) is 44.5 Å². The molecule has 1 aromatic rings. The van der Waals surface area contributed by atoms with Crippen molar-refractivity contribution in [3.05, 3.63) is 34.9 Å². The Morgan fingerprint density at radius 1 is 1.31 bits per heavy atom. The van der Waals surface area contributed by atoms with Gasteiger partial charge in [0.2, 0.25) is 0 Å². The monoisotopic (exact) mass is 243 g/mol. The van der Waals surface area contributed by atoms with Gasteiger partial charge >= 0.3 is 0 Å². The van der Waals surface area contributed by atoms with Crippen LogP contribution in [0.3, 0.4) is 0 Å². The SMILES string of the molecule is COC[C@@H](CN)OCCc1ccc(Cl)cc1. The van der Waals surface area contributed by atoms with Crippen molar-refractivity contribution in [2.75, 3.05) is 26.9 Å². The van der Waals surface area contributed by atoms with Gasteiger partial charge in [-0.15, -0.1) is 0 Å². The van der Waals surface area contributed by atoms with Crippen LogP contribution in [0, 0.1) is 0 Å². The van der Waals surface area contributed by atoms with Crippen molar-refractivity contribution < 1.29 is 9.47 Å². The average molecular weight is 244 g/mol. The Morgan fingerprint density at radius 2 is 2.00 bits per heavy atom. The lowest BCUT2D eigenvalue weighted by molar-refractivity contribution is 0.00502. The number of hydrogen-bond acceptors (Lipinski definition) is 3. The molecule has 0 aliphatic rings. The van der Waals surface area contributed by atoms with Crippen LogP contribution in [-0.4, -0.2) is 33.0 Å². The second-order valence-corrected chi connectivity index (χ2v) is 4.00. The van der Waals surface area contributed by atoms with E-state index in [9.17, 15) is 0 Å². The van der Waals surface area contributed by atoms with E-state index in [4.69, 9.17) is 26.8 Å². The molecule has 0 aromatic heterocycles. The van der Waals surface area contributed by atoms with E-state index in [2.05, 4.69) is 0 Å². The molecule has 0 aliphatic carbocycles. The van der Waals surface area contributed by atoms with E-state index in [-0.39, 0.29) is 6.10 Å². The zero-order valence-electron chi connectivity index (χ0n) is 9.49. The quantitative estimate of drug-likeness (QED) is 0.795. The Hall–Kier alpha value is -0.610. The molecule has 1 rings (SSSR count). The number of ether oxygens (including phenoxy) is 2. The van der Waals surface area contributed by atoms with Crippen LogP contribution in [-0.2, 0) is 15.9 Å². The summed E-state index contributed by atoms with van der Waals surface area (Å²) in [6.45, 7) is 1.67. The molecule has 1 atom stereocenters. The lowest BCUT2D eigenvalue weighted by Crippen LogP contribution is -2.29. The maximum absolute atomic E-state index is 5.80. The Bertz CT molecular complexity index is 290. The highest BCUT2D eigenvalue weighted by molar-refractivity contribution is 6.30. The largest absolute Gasteiger partial charge is 0.382 e. The van der Waals surface area contributed by atoms with Gasteiger partial charge in [0.05, 0.1) is 19.3 Å². The summed E-state index contributed by atoms with van der Waals surface area (Å²) in [6.07, 6.45) is 0.842. The number of nitrogens with two attached hydrogens (primary N) is 1. The van der Waals surface area contributed by atoms with Crippen LogP contribution in [0.25, 0.3) is 0 Å². The number of rotatable bonds is 7.